The second-order valence-electron chi connectivity index (χ2n) is 3.51. The number of alkyl halides is 1. The third kappa shape index (κ3) is 3.46. The Balaban J connectivity index is 2.70. The maximum atomic E-state index is 11.3. The number of carbonyl (C=O) groups excluding carboxylic acids is 1. The molecule has 1 heterocycles. The Labute approximate surface area is 105 Å². The van der Waals surface area contributed by atoms with Crippen LogP contribution in [0.2, 0.25) is 0 Å². The molecule has 90 valence electrons. The molecule has 0 aliphatic carbocycles. The third-order valence-electron chi connectivity index (χ3n) is 2.33. The number of aromatic nitrogens is 1. The van der Waals surface area contributed by atoms with E-state index in [-0.39, 0.29) is 11.7 Å². The van der Waals surface area contributed by atoms with Crippen molar-refractivity contribution in [2.45, 2.75) is 26.7 Å². The van der Waals surface area contributed by atoms with Gasteiger partial charge in [0.1, 0.15) is 5.69 Å². The lowest BCUT2D eigenvalue weighted by Crippen LogP contribution is -2.23. The van der Waals surface area contributed by atoms with Crippen LogP contribution in [0.3, 0.4) is 0 Å². The molecule has 0 saturated heterocycles. The lowest BCUT2D eigenvalue weighted by atomic mass is 10.3. The van der Waals surface area contributed by atoms with Gasteiger partial charge in [-0.05, 0) is 13.3 Å². The molecule has 0 aliphatic heterocycles. The normalized spacial score (nSPS) is 10.4. The van der Waals surface area contributed by atoms with Gasteiger partial charge in [-0.1, -0.05) is 13.3 Å². The van der Waals surface area contributed by atoms with Gasteiger partial charge in [0, 0.05) is 18.5 Å². The molecule has 16 heavy (non-hydrogen) atoms. The van der Waals surface area contributed by atoms with Crippen molar-refractivity contribution in [1.82, 2.24) is 4.98 Å². The van der Waals surface area contributed by atoms with E-state index < -0.39 is 0 Å². The maximum absolute atomic E-state index is 11.3. The zero-order valence-corrected chi connectivity index (χ0v) is 11.3. The lowest BCUT2D eigenvalue weighted by molar-refractivity contribution is 0.101. The van der Waals surface area contributed by atoms with Gasteiger partial charge in [-0.15, -0.1) is 22.9 Å². The van der Waals surface area contributed by atoms with Crippen LogP contribution in [-0.2, 0) is 0 Å². The number of anilines is 1. The fraction of sp³-hybridized carbons (Fsp3) is 0.636. The molecule has 0 N–H and O–H groups in total. The van der Waals surface area contributed by atoms with Crippen molar-refractivity contribution in [3.05, 3.63) is 11.1 Å². The summed E-state index contributed by atoms with van der Waals surface area (Å²) >= 11 is 7.01. The molecule has 0 radical (unpaired) electrons. The topological polar surface area (TPSA) is 33.2 Å². The maximum Gasteiger partial charge on any atom is 0.196 e. The molecule has 0 unspecified atom stereocenters. The Kier molecular flexibility index (Phi) is 5.77. The highest BCUT2D eigenvalue weighted by molar-refractivity contribution is 7.14. The quantitative estimate of drug-likeness (QED) is 0.558. The van der Waals surface area contributed by atoms with Crippen molar-refractivity contribution in [1.29, 1.82) is 0 Å². The minimum Gasteiger partial charge on any atom is -0.348 e. The molecule has 0 aromatic carbocycles. The fourth-order valence-corrected chi connectivity index (χ4v) is 2.40. The fourth-order valence-electron chi connectivity index (χ4n) is 1.34. The number of halogens is 1. The van der Waals surface area contributed by atoms with Crippen LogP contribution in [0.1, 0.15) is 37.2 Å². The van der Waals surface area contributed by atoms with Crippen molar-refractivity contribution in [2.24, 2.45) is 0 Å². The van der Waals surface area contributed by atoms with Gasteiger partial charge >= 0.3 is 0 Å². The van der Waals surface area contributed by atoms with E-state index in [1.54, 1.807) is 5.38 Å². The van der Waals surface area contributed by atoms with Crippen LogP contribution in [0.5, 0.6) is 0 Å². The SMILES string of the molecule is CCCCN(CC)c1nc(C(=O)CCl)cs1. The van der Waals surface area contributed by atoms with E-state index in [9.17, 15) is 4.79 Å². The Morgan fingerprint density at radius 2 is 2.31 bits per heavy atom. The molecule has 1 aromatic heterocycles. The first-order chi connectivity index (χ1) is 7.72. The Hall–Kier alpha value is -0.610. The van der Waals surface area contributed by atoms with Crippen molar-refractivity contribution in [3.63, 3.8) is 0 Å². The van der Waals surface area contributed by atoms with Crippen molar-refractivity contribution in [3.8, 4) is 0 Å². The second-order valence-corrected chi connectivity index (χ2v) is 4.61. The van der Waals surface area contributed by atoms with Gasteiger partial charge in [-0.2, -0.15) is 0 Å². The van der Waals surface area contributed by atoms with Crippen LogP contribution in [0.25, 0.3) is 0 Å². The molecule has 0 saturated carbocycles. The van der Waals surface area contributed by atoms with Gasteiger partial charge in [0.2, 0.25) is 0 Å². The molecule has 0 aliphatic rings. The molecular weight excluding hydrogens is 244 g/mol. The van der Waals surface area contributed by atoms with Crippen molar-refractivity contribution in [2.75, 3.05) is 23.9 Å². The van der Waals surface area contributed by atoms with Gasteiger partial charge < -0.3 is 4.90 Å². The molecule has 5 heteroatoms. The standard InChI is InChI=1S/C11H17ClN2OS/c1-3-5-6-14(4-2)11-13-9(8-16-11)10(15)7-12/h8H,3-7H2,1-2H3. The van der Waals surface area contributed by atoms with Gasteiger partial charge in [0.15, 0.2) is 10.9 Å². The average Bonchev–Trinajstić information content (AvgIpc) is 2.78. The number of carbonyl (C=O) groups is 1. The van der Waals surface area contributed by atoms with E-state index in [0.717, 1.165) is 31.1 Å². The number of hydrogen-bond acceptors (Lipinski definition) is 4. The molecule has 0 bridgehead atoms. The summed E-state index contributed by atoms with van der Waals surface area (Å²) in [5.74, 6) is -0.0970. The molecule has 3 nitrogen and oxygen atoms in total. The van der Waals surface area contributed by atoms with Crippen molar-refractivity contribution >= 4 is 33.9 Å². The van der Waals surface area contributed by atoms with E-state index in [1.165, 1.54) is 11.3 Å². The lowest BCUT2D eigenvalue weighted by Gasteiger charge is -2.18. The number of nitrogens with zero attached hydrogens (tertiary/aromatic N) is 2. The minimum absolute atomic E-state index is 0.00422. The van der Waals surface area contributed by atoms with Crippen LogP contribution in [0.15, 0.2) is 5.38 Å². The highest BCUT2D eigenvalue weighted by Crippen LogP contribution is 2.21. The largest absolute Gasteiger partial charge is 0.348 e. The van der Waals surface area contributed by atoms with Gasteiger partial charge in [0.25, 0.3) is 0 Å². The van der Waals surface area contributed by atoms with Gasteiger partial charge in [-0.25, -0.2) is 4.98 Å². The third-order valence-corrected chi connectivity index (χ3v) is 3.48. The zero-order valence-electron chi connectivity index (χ0n) is 9.70. The predicted molar refractivity (Wildman–Crippen MR) is 70.0 cm³/mol. The number of Topliss-reactive ketones (excluding diaryl/α,β-unsaturated/α-hetero) is 1. The summed E-state index contributed by atoms with van der Waals surface area (Å²) in [5.41, 5.74) is 0.491. The number of thiazole rings is 1. The van der Waals surface area contributed by atoms with Crippen LogP contribution < -0.4 is 4.90 Å². The second kappa shape index (κ2) is 6.86. The molecule has 0 fully saturated rings. The Bertz CT molecular complexity index is 340. The van der Waals surface area contributed by atoms with Gasteiger partial charge in [0.05, 0.1) is 5.88 Å². The highest BCUT2D eigenvalue weighted by atomic mass is 35.5. The average molecular weight is 261 g/mol. The number of hydrogen-bond donors (Lipinski definition) is 0. The highest BCUT2D eigenvalue weighted by Gasteiger charge is 2.12. The summed E-state index contributed by atoms with van der Waals surface area (Å²) in [5, 5.41) is 2.71. The smallest absolute Gasteiger partial charge is 0.196 e. The van der Waals surface area contributed by atoms with E-state index in [1.807, 2.05) is 0 Å². The summed E-state index contributed by atoms with van der Waals surface area (Å²) in [4.78, 5) is 17.9. The number of ketones is 1. The number of unbranched alkanes of at least 4 members (excludes halogenated alkanes) is 1. The predicted octanol–water partition coefficient (Wildman–Crippen LogP) is 3.19. The van der Waals surface area contributed by atoms with Gasteiger partial charge in [-0.3, -0.25) is 4.79 Å². The minimum atomic E-state index is -0.101. The first-order valence-electron chi connectivity index (χ1n) is 5.52. The van der Waals surface area contributed by atoms with Crippen LogP contribution in [0.4, 0.5) is 5.13 Å². The van der Waals surface area contributed by atoms with E-state index in [2.05, 4.69) is 23.7 Å². The molecule has 0 amide bonds. The van der Waals surface area contributed by atoms with Crippen molar-refractivity contribution < 1.29 is 4.79 Å². The summed E-state index contributed by atoms with van der Waals surface area (Å²) in [6.07, 6.45) is 2.31. The summed E-state index contributed by atoms with van der Waals surface area (Å²) in [6, 6.07) is 0. The molecular formula is C11H17ClN2OS. The molecule has 0 spiro atoms. The monoisotopic (exact) mass is 260 g/mol. The van der Waals surface area contributed by atoms with Crippen LogP contribution in [-0.4, -0.2) is 29.7 Å². The first kappa shape index (κ1) is 13.5. The van der Waals surface area contributed by atoms with E-state index in [4.69, 9.17) is 11.6 Å². The van der Waals surface area contributed by atoms with Crippen LogP contribution >= 0.6 is 22.9 Å². The Morgan fingerprint density at radius 3 is 2.88 bits per heavy atom. The summed E-state index contributed by atoms with van der Waals surface area (Å²) in [6.45, 7) is 6.18. The summed E-state index contributed by atoms with van der Waals surface area (Å²) < 4.78 is 0. The zero-order chi connectivity index (χ0) is 12.0. The number of rotatable bonds is 7. The van der Waals surface area contributed by atoms with Crippen LogP contribution in [0, 0.1) is 0 Å². The first-order valence-corrected chi connectivity index (χ1v) is 6.94. The molecule has 0 atom stereocenters. The summed E-state index contributed by atoms with van der Waals surface area (Å²) in [7, 11) is 0. The molecule has 1 rings (SSSR count). The Morgan fingerprint density at radius 1 is 1.56 bits per heavy atom. The molecule has 1 aromatic rings. The van der Waals surface area contributed by atoms with E-state index >= 15 is 0 Å². The van der Waals surface area contributed by atoms with E-state index in [0.29, 0.717) is 5.69 Å².